The lowest BCUT2D eigenvalue weighted by Gasteiger charge is -2.26. The molecule has 0 bridgehead atoms. The molecule has 0 saturated carbocycles. The molecular weight excluding hydrogens is 286 g/mol. The number of benzene rings is 1. The summed E-state index contributed by atoms with van der Waals surface area (Å²) in [6.45, 7) is 0. The first-order chi connectivity index (χ1) is 9.83. The van der Waals surface area contributed by atoms with E-state index in [1.54, 1.807) is 0 Å². The predicted molar refractivity (Wildman–Crippen MR) is 69.6 cm³/mol. The van der Waals surface area contributed by atoms with Crippen LogP contribution in [-0.2, 0) is 5.60 Å². The van der Waals surface area contributed by atoms with E-state index in [0.29, 0.717) is 11.6 Å². The standard InChI is InChI=1S/C15H11F4NO/c16-12-6-4-11(5-7-12)8-9-14(21,15(17,18)19)13-3-1-2-10-20-13/h1-10,21H. The van der Waals surface area contributed by atoms with Gasteiger partial charge in [0.05, 0.1) is 5.69 Å². The molecule has 0 saturated heterocycles. The molecule has 0 amide bonds. The van der Waals surface area contributed by atoms with Crippen LogP contribution in [0.15, 0.2) is 54.7 Å². The van der Waals surface area contributed by atoms with Gasteiger partial charge in [0.15, 0.2) is 0 Å². The van der Waals surface area contributed by atoms with E-state index in [1.807, 2.05) is 0 Å². The Balaban J connectivity index is 2.40. The van der Waals surface area contributed by atoms with Crippen molar-refractivity contribution < 1.29 is 22.7 Å². The summed E-state index contributed by atoms with van der Waals surface area (Å²) in [6, 6.07) is 8.74. The highest BCUT2D eigenvalue weighted by atomic mass is 19.4. The van der Waals surface area contributed by atoms with E-state index in [-0.39, 0.29) is 0 Å². The van der Waals surface area contributed by atoms with Gasteiger partial charge in [0, 0.05) is 6.20 Å². The van der Waals surface area contributed by atoms with Crippen molar-refractivity contribution in [1.29, 1.82) is 0 Å². The van der Waals surface area contributed by atoms with Gasteiger partial charge in [0.2, 0.25) is 5.60 Å². The van der Waals surface area contributed by atoms with Crippen molar-refractivity contribution >= 4 is 6.08 Å². The Morgan fingerprint density at radius 3 is 2.19 bits per heavy atom. The normalized spacial score (nSPS) is 15.1. The molecule has 2 aromatic rings. The van der Waals surface area contributed by atoms with E-state index in [1.165, 1.54) is 24.3 Å². The van der Waals surface area contributed by atoms with Gasteiger partial charge >= 0.3 is 6.18 Å². The van der Waals surface area contributed by atoms with Crippen LogP contribution in [0, 0.1) is 5.82 Å². The minimum absolute atomic E-state index is 0.329. The number of nitrogens with zero attached hydrogens (tertiary/aromatic N) is 1. The van der Waals surface area contributed by atoms with Crippen LogP contribution < -0.4 is 0 Å². The molecule has 1 aromatic carbocycles. The third-order valence-corrected chi connectivity index (χ3v) is 2.87. The molecule has 2 rings (SSSR count). The molecule has 1 N–H and O–H groups in total. The Kier molecular flexibility index (Phi) is 4.09. The van der Waals surface area contributed by atoms with E-state index in [9.17, 15) is 22.7 Å². The van der Waals surface area contributed by atoms with Crippen LogP contribution in [0.5, 0.6) is 0 Å². The first-order valence-corrected chi connectivity index (χ1v) is 5.98. The Labute approximate surface area is 118 Å². The summed E-state index contributed by atoms with van der Waals surface area (Å²) in [5, 5.41) is 9.99. The highest BCUT2D eigenvalue weighted by Crippen LogP contribution is 2.39. The van der Waals surface area contributed by atoms with Gasteiger partial charge in [-0.3, -0.25) is 4.98 Å². The maximum Gasteiger partial charge on any atom is 0.426 e. The van der Waals surface area contributed by atoms with Gasteiger partial charge in [-0.05, 0) is 35.9 Å². The number of halogens is 4. The molecule has 0 aliphatic carbocycles. The molecule has 0 fully saturated rings. The summed E-state index contributed by atoms with van der Waals surface area (Å²) in [5.74, 6) is -0.497. The van der Waals surface area contributed by atoms with Gasteiger partial charge in [-0.1, -0.05) is 24.3 Å². The zero-order valence-corrected chi connectivity index (χ0v) is 10.7. The molecule has 1 heterocycles. The Morgan fingerprint density at radius 2 is 1.67 bits per heavy atom. The van der Waals surface area contributed by atoms with E-state index in [4.69, 9.17) is 0 Å². The number of pyridine rings is 1. The second-order valence-corrected chi connectivity index (χ2v) is 4.36. The van der Waals surface area contributed by atoms with Crippen LogP contribution in [0.2, 0.25) is 0 Å². The largest absolute Gasteiger partial charge is 0.426 e. The Bertz CT molecular complexity index is 622. The topological polar surface area (TPSA) is 33.1 Å². The minimum Gasteiger partial charge on any atom is -0.371 e. The Hall–Kier alpha value is -2.21. The highest BCUT2D eigenvalue weighted by molar-refractivity contribution is 5.51. The van der Waals surface area contributed by atoms with Crippen molar-refractivity contribution in [1.82, 2.24) is 4.98 Å². The number of aromatic nitrogens is 1. The average Bonchev–Trinajstić information content (AvgIpc) is 2.46. The van der Waals surface area contributed by atoms with Crippen molar-refractivity contribution in [2.24, 2.45) is 0 Å². The first kappa shape index (κ1) is 15.2. The van der Waals surface area contributed by atoms with Crippen LogP contribution in [0.1, 0.15) is 11.3 Å². The molecule has 0 aliphatic rings. The van der Waals surface area contributed by atoms with Crippen LogP contribution in [0.25, 0.3) is 6.08 Å². The smallest absolute Gasteiger partial charge is 0.371 e. The fraction of sp³-hybridized carbons (Fsp3) is 0.133. The first-order valence-electron chi connectivity index (χ1n) is 5.98. The molecule has 110 valence electrons. The van der Waals surface area contributed by atoms with Crippen molar-refractivity contribution in [3.05, 3.63) is 71.8 Å². The summed E-state index contributed by atoms with van der Waals surface area (Å²) < 4.78 is 52.2. The summed E-state index contributed by atoms with van der Waals surface area (Å²) in [5.41, 5.74) is -3.41. The summed E-state index contributed by atoms with van der Waals surface area (Å²) >= 11 is 0. The molecule has 1 unspecified atom stereocenters. The van der Waals surface area contributed by atoms with Gasteiger partial charge < -0.3 is 5.11 Å². The van der Waals surface area contributed by atoms with Gasteiger partial charge in [0.25, 0.3) is 0 Å². The molecule has 0 radical (unpaired) electrons. The second-order valence-electron chi connectivity index (χ2n) is 4.36. The summed E-state index contributed by atoms with van der Waals surface area (Å²) in [7, 11) is 0. The quantitative estimate of drug-likeness (QED) is 0.877. The molecule has 1 aromatic heterocycles. The van der Waals surface area contributed by atoms with Crippen LogP contribution in [-0.4, -0.2) is 16.3 Å². The van der Waals surface area contributed by atoms with Crippen LogP contribution in [0.3, 0.4) is 0 Å². The Morgan fingerprint density at radius 1 is 1.00 bits per heavy atom. The maximum atomic E-state index is 13.2. The van der Waals surface area contributed by atoms with Gasteiger partial charge in [-0.25, -0.2) is 4.39 Å². The van der Waals surface area contributed by atoms with Crippen molar-refractivity contribution in [3.63, 3.8) is 0 Å². The molecule has 0 spiro atoms. The van der Waals surface area contributed by atoms with Crippen molar-refractivity contribution in [2.75, 3.05) is 0 Å². The number of alkyl halides is 3. The zero-order chi connectivity index (χ0) is 15.5. The van der Waals surface area contributed by atoms with E-state index >= 15 is 0 Å². The SMILES string of the molecule is OC(C=Cc1ccc(F)cc1)(c1ccccn1)C(F)(F)F. The molecule has 21 heavy (non-hydrogen) atoms. The lowest BCUT2D eigenvalue weighted by atomic mass is 9.96. The molecule has 6 heteroatoms. The molecule has 0 aliphatic heterocycles. The predicted octanol–water partition coefficient (Wildman–Crippen LogP) is 3.68. The average molecular weight is 297 g/mol. The van der Waals surface area contributed by atoms with E-state index in [2.05, 4.69) is 4.98 Å². The van der Waals surface area contributed by atoms with E-state index in [0.717, 1.165) is 30.5 Å². The van der Waals surface area contributed by atoms with Crippen LogP contribution >= 0.6 is 0 Å². The third kappa shape index (κ3) is 3.28. The minimum atomic E-state index is -4.93. The molecular formula is C15H11F4NO. The fourth-order valence-electron chi connectivity index (χ4n) is 1.70. The monoisotopic (exact) mass is 297 g/mol. The number of hydrogen-bond donors (Lipinski definition) is 1. The van der Waals surface area contributed by atoms with Gasteiger partial charge in [-0.2, -0.15) is 13.2 Å². The highest BCUT2D eigenvalue weighted by Gasteiger charge is 2.54. The molecule has 1 atom stereocenters. The number of hydrogen-bond acceptors (Lipinski definition) is 2. The number of rotatable bonds is 3. The zero-order valence-electron chi connectivity index (χ0n) is 10.7. The van der Waals surface area contributed by atoms with Crippen molar-refractivity contribution in [2.45, 2.75) is 11.8 Å². The lowest BCUT2D eigenvalue weighted by molar-refractivity contribution is -0.246. The fourth-order valence-corrected chi connectivity index (χ4v) is 1.70. The number of aliphatic hydroxyl groups is 1. The lowest BCUT2D eigenvalue weighted by Crippen LogP contribution is -2.41. The third-order valence-electron chi connectivity index (χ3n) is 2.87. The van der Waals surface area contributed by atoms with Crippen LogP contribution in [0.4, 0.5) is 17.6 Å². The van der Waals surface area contributed by atoms with E-state index < -0.39 is 23.3 Å². The molecule has 2 nitrogen and oxygen atoms in total. The van der Waals surface area contributed by atoms with Gasteiger partial charge in [-0.15, -0.1) is 0 Å². The van der Waals surface area contributed by atoms with Gasteiger partial charge in [0.1, 0.15) is 5.82 Å². The summed E-state index contributed by atoms with van der Waals surface area (Å²) in [4.78, 5) is 3.56. The van der Waals surface area contributed by atoms with Crippen molar-refractivity contribution in [3.8, 4) is 0 Å². The summed E-state index contributed by atoms with van der Waals surface area (Å²) in [6.07, 6.45) is -2.10. The maximum absolute atomic E-state index is 13.2. The second kappa shape index (κ2) is 5.65.